The highest BCUT2D eigenvalue weighted by atomic mass is 32.2. The number of nitrogens with zero attached hydrogens (tertiary/aromatic N) is 1. The molecule has 4 heteroatoms. The molecule has 0 saturated carbocycles. The maximum absolute atomic E-state index is 5.33. The van der Waals surface area contributed by atoms with Gasteiger partial charge in [0.25, 0.3) is 0 Å². The fourth-order valence-corrected chi connectivity index (χ4v) is 1.43. The molecular formula is C10H17N3S. The molecule has 0 bridgehead atoms. The summed E-state index contributed by atoms with van der Waals surface area (Å²) >= 11 is 1.58. The van der Waals surface area contributed by atoms with E-state index in [0.29, 0.717) is 11.7 Å². The molecule has 0 atom stereocenters. The summed E-state index contributed by atoms with van der Waals surface area (Å²) in [5, 5.41) is 4.87. The molecule has 0 aromatic carbocycles. The Morgan fingerprint density at radius 2 is 2.29 bits per heavy atom. The van der Waals surface area contributed by atoms with Crippen LogP contribution in [0.1, 0.15) is 12.8 Å². The number of thioether (sulfide) groups is 1. The van der Waals surface area contributed by atoms with Gasteiger partial charge >= 0.3 is 0 Å². The van der Waals surface area contributed by atoms with Gasteiger partial charge < -0.3 is 11.1 Å². The van der Waals surface area contributed by atoms with Crippen LogP contribution in [0.5, 0.6) is 0 Å². The van der Waals surface area contributed by atoms with E-state index in [0.717, 1.165) is 18.5 Å². The molecule has 14 heavy (non-hydrogen) atoms. The number of nitrogens with one attached hydrogen (secondary N) is 1. The Bertz CT molecular complexity index is 234. The Hall–Kier alpha value is -1.16. The summed E-state index contributed by atoms with van der Waals surface area (Å²) in [5.41, 5.74) is 6.30. The molecule has 0 saturated heterocycles. The molecule has 0 amide bonds. The van der Waals surface area contributed by atoms with Crippen molar-refractivity contribution in [1.29, 1.82) is 0 Å². The second-order valence-electron chi connectivity index (χ2n) is 2.61. The SMILES string of the molecule is C=CCC/C(=C/SCNC(=C)N)N=C. The molecule has 3 nitrogen and oxygen atoms in total. The first kappa shape index (κ1) is 12.8. The Balaban J connectivity index is 3.74. The third kappa shape index (κ3) is 7.49. The van der Waals surface area contributed by atoms with Crippen LogP contribution in [-0.2, 0) is 0 Å². The van der Waals surface area contributed by atoms with Crippen LogP contribution in [0.15, 0.2) is 41.2 Å². The molecule has 0 rings (SSSR count). The standard InChI is InChI=1S/C10H17N3S/c1-4-5-6-10(12-3)7-14-8-13-9(2)11/h4,7,13H,1-3,5-6,8,11H2/b10-7-. The van der Waals surface area contributed by atoms with E-state index < -0.39 is 0 Å². The zero-order chi connectivity index (χ0) is 10.8. The van der Waals surface area contributed by atoms with Crippen molar-refractivity contribution < 1.29 is 0 Å². The van der Waals surface area contributed by atoms with Crippen molar-refractivity contribution in [2.24, 2.45) is 10.7 Å². The maximum atomic E-state index is 5.33. The molecule has 0 aromatic heterocycles. The zero-order valence-corrected chi connectivity index (χ0v) is 9.15. The fraction of sp³-hybridized carbons (Fsp3) is 0.300. The van der Waals surface area contributed by atoms with Gasteiger partial charge in [0, 0.05) is 5.70 Å². The minimum absolute atomic E-state index is 0.477. The number of hydrogen-bond acceptors (Lipinski definition) is 4. The number of aliphatic imine (C=N–C) groups is 1. The summed E-state index contributed by atoms with van der Waals surface area (Å²) in [6.45, 7) is 10.7. The molecule has 0 aromatic rings. The summed E-state index contributed by atoms with van der Waals surface area (Å²) in [7, 11) is 0. The molecule has 78 valence electrons. The van der Waals surface area contributed by atoms with Crippen molar-refractivity contribution in [1.82, 2.24) is 5.32 Å². The van der Waals surface area contributed by atoms with Gasteiger partial charge in [0.2, 0.25) is 0 Å². The molecule has 0 spiro atoms. The largest absolute Gasteiger partial charge is 0.386 e. The van der Waals surface area contributed by atoms with Gasteiger partial charge in [-0.2, -0.15) is 0 Å². The van der Waals surface area contributed by atoms with Gasteiger partial charge in [-0.05, 0) is 25.0 Å². The van der Waals surface area contributed by atoms with Crippen molar-refractivity contribution >= 4 is 18.5 Å². The third-order valence-corrected chi connectivity index (χ3v) is 2.16. The first-order chi connectivity index (χ1) is 6.70. The van der Waals surface area contributed by atoms with Crippen molar-refractivity contribution in [3.8, 4) is 0 Å². The highest BCUT2D eigenvalue weighted by molar-refractivity contribution is 8.02. The minimum atomic E-state index is 0.477. The number of rotatable bonds is 8. The van der Waals surface area contributed by atoms with Gasteiger partial charge in [0.15, 0.2) is 0 Å². The predicted molar refractivity (Wildman–Crippen MR) is 66.0 cm³/mol. The van der Waals surface area contributed by atoms with Crippen LogP contribution >= 0.6 is 11.8 Å². The Kier molecular flexibility index (Phi) is 7.74. The molecule has 0 heterocycles. The summed E-state index contributed by atoms with van der Waals surface area (Å²) in [6, 6.07) is 0. The molecule has 0 aliphatic rings. The zero-order valence-electron chi connectivity index (χ0n) is 8.33. The topological polar surface area (TPSA) is 50.4 Å². The number of hydrogen-bond donors (Lipinski definition) is 2. The summed E-state index contributed by atoms with van der Waals surface area (Å²) in [6.07, 6.45) is 3.66. The molecular weight excluding hydrogens is 194 g/mol. The normalized spacial score (nSPS) is 10.7. The van der Waals surface area contributed by atoms with Gasteiger partial charge in [0.1, 0.15) is 0 Å². The van der Waals surface area contributed by atoms with Gasteiger partial charge in [-0.3, -0.25) is 4.99 Å². The van der Waals surface area contributed by atoms with Crippen LogP contribution in [0.2, 0.25) is 0 Å². The fourth-order valence-electron chi connectivity index (χ4n) is 0.697. The lowest BCUT2D eigenvalue weighted by atomic mass is 10.2. The maximum Gasteiger partial charge on any atom is 0.0892 e. The summed E-state index contributed by atoms with van der Waals surface area (Å²) in [5.74, 6) is 1.17. The van der Waals surface area contributed by atoms with E-state index in [1.807, 2.05) is 11.5 Å². The summed E-state index contributed by atoms with van der Waals surface area (Å²) < 4.78 is 0. The average Bonchev–Trinajstić information content (AvgIpc) is 2.16. The average molecular weight is 211 g/mol. The van der Waals surface area contributed by atoms with E-state index in [9.17, 15) is 0 Å². The molecule has 3 N–H and O–H groups in total. The van der Waals surface area contributed by atoms with E-state index in [4.69, 9.17) is 5.73 Å². The Labute approximate surface area is 89.9 Å². The Morgan fingerprint density at radius 3 is 2.79 bits per heavy atom. The lowest BCUT2D eigenvalue weighted by molar-refractivity contribution is 0.944. The monoisotopic (exact) mass is 211 g/mol. The van der Waals surface area contributed by atoms with Crippen molar-refractivity contribution in [2.75, 3.05) is 5.88 Å². The van der Waals surface area contributed by atoms with Crippen molar-refractivity contribution in [3.63, 3.8) is 0 Å². The number of nitrogens with two attached hydrogens (primary N) is 1. The van der Waals surface area contributed by atoms with Crippen molar-refractivity contribution in [3.05, 3.63) is 36.2 Å². The van der Waals surface area contributed by atoms with E-state index in [2.05, 4.69) is 30.2 Å². The predicted octanol–water partition coefficient (Wildman–Crippen LogP) is 2.20. The van der Waals surface area contributed by atoms with Gasteiger partial charge in [-0.25, -0.2) is 0 Å². The van der Waals surface area contributed by atoms with Crippen LogP contribution in [0.3, 0.4) is 0 Å². The van der Waals surface area contributed by atoms with E-state index in [1.165, 1.54) is 0 Å². The highest BCUT2D eigenvalue weighted by Gasteiger charge is 1.91. The van der Waals surface area contributed by atoms with Crippen LogP contribution in [0.25, 0.3) is 0 Å². The van der Waals surface area contributed by atoms with Gasteiger partial charge in [-0.1, -0.05) is 12.7 Å². The van der Waals surface area contributed by atoms with E-state index in [1.54, 1.807) is 11.8 Å². The van der Waals surface area contributed by atoms with Gasteiger partial charge in [-0.15, -0.1) is 18.3 Å². The van der Waals surface area contributed by atoms with Crippen LogP contribution in [0, 0.1) is 0 Å². The highest BCUT2D eigenvalue weighted by Crippen LogP contribution is 2.12. The van der Waals surface area contributed by atoms with Crippen LogP contribution in [0.4, 0.5) is 0 Å². The lowest BCUT2D eigenvalue weighted by Gasteiger charge is -2.02. The second kappa shape index (κ2) is 8.44. The van der Waals surface area contributed by atoms with Gasteiger partial charge in [0.05, 0.1) is 11.7 Å². The quantitative estimate of drug-likeness (QED) is 0.280. The van der Waals surface area contributed by atoms with Crippen LogP contribution < -0.4 is 11.1 Å². The number of allylic oxidation sites excluding steroid dienone is 2. The molecule has 0 aliphatic heterocycles. The van der Waals surface area contributed by atoms with Crippen LogP contribution in [-0.4, -0.2) is 12.6 Å². The molecule has 0 aliphatic carbocycles. The second-order valence-corrected chi connectivity index (χ2v) is 3.47. The Morgan fingerprint density at radius 1 is 1.57 bits per heavy atom. The minimum Gasteiger partial charge on any atom is -0.386 e. The third-order valence-electron chi connectivity index (χ3n) is 1.41. The lowest BCUT2D eigenvalue weighted by Crippen LogP contribution is -2.17. The van der Waals surface area contributed by atoms with Crippen molar-refractivity contribution in [2.45, 2.75) is 12.8 Å². The molecule has 0 unspecified atom stereocenters. The first-order valence-corrected chi connectivity index (χ1v) is 5.32. The first-order valence-electron chi connectivity index (χ1n) is 4.27. The van der Waals surface area contributed by atoms with E-state index >= 15 is 0 Å². The smallest absolute Gasteiger partial charge is 0.0892 e. The molecule has 0 fully saturated rings. The van der Waals surface area contributed by atoms with E-state index in [-0.39, 0.29) is 0 Å². The molecule has 0 radical (unpaired) electrons. The summed E-state index contributed by atoms with van der Waals surface area (Å²) in [4.78, 5) is 3.90.